The third kappa shape index (κ3) is 7.95. The predicted octanol–water partition coefficient (Wildman–Crippen LogP) is 6.03. The molecular formula is C33H40N2O3. The van der Waals surface area contributed by atoms with Crippen LogP contribution in [0.3, 0.4) is 0 Å². The fourth-order valence-corrected chi connectivity index (χ4v) is 5.04. The van der Waals surface area contributed by atoms with Crippen molar-refractivity contribution < 1.29 is 14.3 Å². The van der Waals surface area contributed by atoms with Crippen LogP contribution in [-0.2, 0) is 29.0 Å². The Bertz CT molecular complexity index is 1150. The molecule has 0 aliphatic heterocycles. The molecule has 2 amide bonds. The maximum atomic E-state index is 13.8. The van der Waals surface area contributed by atoms with Gasteiger partial charge < -0.3 is 15.0 Å². The molecule has 4 rings (SSSR count). The first-order valence-electron chi connectivity index (χ1n) is 13.9. The third-order valence-corrected chi connectivity index (χ3v) is 7.39. The van der Waals surface area contributed by atoms with Crippen molar-refractivity contribution in [2.75, 3.05) is 6.61 Å². The normalized spacial score (nSPS) is 14.5. The number of carbonyl (C=O) groups is 2. The molecule has 3 aromatic rings. The van der Waals surface area contributed by atoms with E-state index in [0.29, 0.717) is 18.7 Å². The number of carbonyl (C=O) groups excluding carboxylic acids is 2. The van der Waals surface area contributed by atoms with Gasteiger partial charge >= 0.3 is 0 Å². The minimum atomic E-state index is -0.640. The van der Waals surface area contributed by atoms with E-state index >= 15 is 0 Å². The van der Waals surface area contributed by atoms with Gasteiger partial charge in [-0.3, -0.25) is 9.59 Å². The van der Waals surface area contributed by atoms with Gasteiger partial charge in [-0.05, 0) is 55.0 Å². The van der Waals surface area contributed by atoms with E-state index in [0.717, 1.165) is 48.8 Å². The highest BCUT2D eigenvalue weighted by Gasteiger charge is 2.32. The van der Waals surface area contributed by atoms with Crippen LogP contribution in [-0.4, -0.2) is 35.4 Å². The van der Waals surface area contributed by atoms with Crippen LogP contribution in [0.2, 0.25) is 0 Å². The lowest BCUT2D eigenvalue weighted by Crippen LogP contribution is -2.53. The summed E-state index contributed by atoms with van der Waals surface area (Å²) in [7, 11) is 0. The molecule has 5 heteroatoms. The Morgan fingerprint density at radius 3 is 2.18 bits per heavy atom. The van der Waals surface area contributed by atoms with Crippen LogP contribution in [0.25, 0.3) is 0 Å². The molecule has 0 spiro atoms. The van der Waals surface area contributed by atoms with Gasteiger partial charge in [0.25, 0.3) is 5.91 Å². The molecule has 1 aliphatic rings. The van der Waals surface area contributed by atoms with Crippen LogP contribution >= 0.6 is 0 Å². The van der Waals surface area contributed by atoms with Crippen molar-refractivity contribution in [3.05, 3.63) is 101 Å². The Morgan fingerprint density at radius 2 is 1.53 bits per heavy atom. The first kappa shape index (κ1) is 27.4. The van der Waals surface area contributed by atoms with Crippen molar-refractivity contribution in [1.82, 2.24) is 10.2 Å². The third-order valence-electron chi connectivity index (χ3n) is 7.39. The van der Waals surface area contributed by atoms with Gasteiger partial charge in [-0.25, -0.2) is 0 Å². The van der Waals surface area contributed by atoms with E-state index in [1.54, 1.807) is 4.90 Å². The van der Waals surface area contributed by atoms with E-state index in [-0.39, 0.29) is 24.5 Å². The monoisotopic (exact) mass is 512 g/mol. The average Bonchev–Trinajstić information content (AvgIpc) is 2.96. The standard InChI is InChI=1S/C33H40N2O3/c1-3-26-18-20-30(21-19-26)38-24-32(36)35(23-28-16-14-25(2)15-17-28)31(22-27-10-6-4-7-11-27)33(37)34-29-12-8-5-9-13-29/h4,6-7,10-11,14-21,29,31H,3,5,8-9,12-13,22-24H2,1-2H3,(H,34,37). The molecule has 0 aromatic heterocycles. The molecular weight excluding hydrogens is 472 g/mol. The van der Waals surface area contributed by atoms with Gasteiger partial charge in [0.1, 0.15) is 11.8 Å². The van der Waals surface area contributed by atoms with Gasteiger partial charge in [-0.2, -0.15) is 0 Å². The highest BCUT2D eigenvalue weighted by molar-refractivity contribution is 5.88. The highest BCUT2D eigenvalue weighted by atomic mass is 16.5. The predicted molar refractivity (Wildman–Crippen MR) is 152 cm³/mol. The average molecular weight is 513 g/mol. The van der Waals surface area contributed by atoms with E-state index in [9.17, 15) is 9.59 Å². The number of nitrogens with zero attached hydrogens (tertiary/aromatic N) is 1. The lowest BCUT2D eigenvalue weighted by Gasteiger charge is -2.33. The summed E-state index contributed by atoms with van der Waals surface area (Å²) in [5.41, 5.74) is 4.38. The molecule has 0 heterocycles. The zero-order valence-corrected chi connectivity index (χ0v) is 22.7. The van der Waals surface area contributed by atoms with Crippen molar-refractivity contribution in [2.45, 2.75) is 77.4 Å². The van der Waals surface area contributed by atoms with Crippen LogP contribution in [0.1, 0.15) is 61.3 Å². The molecule has 0 radical (unpaired) electrons. The zero-order chi connectivity index (χ0) is 26.7. The Kier molecular flexibility index (Phi) is 9.97. The Labute approximate surface area is 227 Å². The van der Waals surface area contributed by atoms with Crippen LogP contribution < -0.4 is 10.1 Å². The van der Waals surface area contributed by atoms with E-state index < -0.39 is 6.04 Å². The number of aryl methyl sites for hydroxylation is 2. The van der Waals surface area contributed by atoms with Gasteiger partial charge in [-0.15, -0.1) is 0 Å². The van der Waals surface area contributed by atoms with E-state index in [1.165, 1.54) is 12.0 Å². The van der Waals surface area contributed by atoms with Crippen LogP contribution in [0.4, 0.5) is 0 Å². The SMILES string of the molecule is CCc1ccc(OCC(=O)N(Cc2ccc(C)cc2)C(Cc2ccccc2)C(=O)NC2CCCCC2)cc1. The Hall–Kier alpha value is -3.60. The zero-order valence-electron chi connectivity index (χ0n) is 22.7. The largest absolute Gasteiger partial charge is 0.484 e. The van der Waals surface area contributed by atoms with Crippen molar-refractivity contribution in [1.29, 1.82) is 0 Å². The molecule has 1 N–H and O–H groups in total. The maximum absolute atomic E-state index is 13.8. The second-order valence-corrected chi connectivity index (χ2v) is 10.3. The molecule has 200 valence electrons. The first-order chi connectivity index (χ1) is 18.5. The number of nitrogens with one attached hydrogen (secondary N) is 1. The summed E-state index contributed by atoms with van der Waals surface area (Å²) in [6.07, 6.45) is 6.85. The maximum Gasteiger partial charge on any atom is 0.261 e. The number of rotatable bonds is 11. The van der Waals surface area contributed by atoms with E-state index in [2.05, 4.69) is 12.2 Å². The number of ether oxygens (including phenoxy) is 1. The molecule has 1 aliphatic carbocycles. The quantitative estimate of drug-likeness (QED) is 0.342. The summed E-state index contributed by atoms with van der Waals surface area (Å²) in [6, 6.07) is 25.4. The summed E-state index contributed by atoms with van der Waals surface area (Å²) in [6.45, 7) is 4.36. The van der Waals surface area contributed by atoms with Crippen LogP contribution in [0.15, 0.2) is 78.9 Å². The highest BCUT2D eigenvalue weighted by Crippen LogP contribution is 2.20. The summed E-state index contributed by atoms with van der Waals surface area (Å²) >= 11 is 0. The van der Waals surface area contributed by atoms with Crippen molar-refractivity contribution in [2.24, 2.45) is 0 Å². The van der Waals surface area contributed by atoms with Gasteiger partial charge in [0.15, 0.2) is 6.61 Å². The fraction of sp³-hybridized carbons (Fsp3) is 0.394. The van der Waals surface area contributed by atoms with Gasteiger partial charge in [-0.1, -0.05) is 98.5 Å². The minimum absolute atomic E-state index is 0.0893. The summed E-state index contributed by atoms with van der Waals surface area (Å²) in [5.74, 6) is 0.357. The Morgan fingerprint density at radius 1 is 0.868 bits per heavy atom. The number of benzene rings is 3. The van der Waals surface area contributed by atoms with Crippen molar-refractivity contribution in [3.63, 3.8) is 0 Å². The van der Waals surface area contributed by atoms with Gasteiger partial charge in [0.05, 0.1) is 0 Å². The summed E-state index contributed by atoms with van der Waals surface area (Å²) in [4.78, 5) is 29.3. The lowest BCUT2D eigenvalue weighted by atomic mass is 9.94. The summed E-state index contributed by atoms with van der Waals surface area (Å²) < 4.78 is 5.91. The molecule has 5 nitrogen and oxygen atoms in total. The Balaban J connectivity index is 1.58. The van der Waals surface area contributed by atoms with Crippen molar-refractivity contribution >= 4 is 11.8 Å². The number of hydrogen-bond donors (Lipinski definition) is 1. The minimum Gasteiger partial charge on any atom is -0.484 e. The molecule has 0 bridgehead atoms. The topological polar surface area (TPSA) is 58.6 Å². The molecule has 38 heavy (non-hydrogen) atoms. The molecule has 1 fully saturated rings. The number of hydrogen-bond acceptors (Lipinski definition) is 3. The van der Waals surface area contributed by atoms with Gasteiger partial charge in [0, 0.05) is 19.0 Å². The van der Waals surface area contributed by atoms with Crippen molar-refractivity contribution in [3.8, 4) is 5.75 Å². The number of amides is 2. The van der Waals surface area contributed by atoms with Gasteiger partial charge in [0.2, 0.25) is 5.91 Å². The second kappa shape index (κ2) is 13.8. The fourth-order valence-electron chi connectivity index (χ4n) is 5.04. The second-order valence-electron chi connectivity index (χ2n) is 10.3. The molecule has 1 unspecified atom stereocenters. The molecule has 0 saturated heterocycles. The first-order valence-corrected chi connectivity index (χ1v) is 13.9. The summed E-state index contributed by atoms with van der Waals surface area (Å²) in [5, 5.41) is 3.28. The molecule has 1 saturated carbocycles. The molecule has 1 atom stereocenters. The van der Waals surface area contributed by atoms with Crippen LogP contribution in [0, 0.1) is 6.92 Å². The van der Waals surface area contributed by atoms with E-state index in [1.807, 2.05) is 85.8 Å². The lowest BCUT2D eigenvalue weighted by molar-refractivity contribution is -0.143. The van der Waals surface area contributed by atoms with E-state index in [4.69, 9.17) is 4.74 Å². The molecule has 3 aromatic carbocycles. The smallest absolute Gasteiger partial charge is 0.261 e. The van der Waals surface area contributed by atoms with Crippen LogP contribution in [0.5, 0.6) is 5.75 Å².